The van der Waals surface area contributed by atoms with Crippen LogP contribution in [0.5, 0.6) is 5.75 Å². The molecule has 0 saturated heterocycles. The van der Waals surface area contributed by atoms with Crippen LogP contribution in [0.2, 0.25) is 5.02 Å². The molecule has 0 atom stereocenters. The van der Waals surface area contributed by atoms with E-state index in [-0.39, 0.29) is 13.0 Å². The molecule has 2 N–H and O–H groups in total. The van der Waals surface area contributed by atoms with Crippen molar-refractivity contribution in [1.29, 1.82) is 0 Å². The summed E-state index contributed by atoms with van der Waals surface area (Å²) >= 11 is 5.80. The number of benzene rings is 3. The molecule has 0 saturated carbocycles. The highest BCUT2D eigenvalue weighted by Crippen LogP contribution is 2.26. The third kappa shape index (κ3) is 5.60. The zero-order chi connectivity index (χ0) is 21.3. The third-order valence-electron chi connectivity index (χ3n) is 4.07. The molecule has 7 heteroatoms. The molecule has 0 heterocycles. The second-order valence-corrected chi connectivity index (χ2v) is 6.65. The van der Waals surface area contributed by atoms with Gasteiger partial charge in [0.05, 0.1) is 6.21 Å². The summed E-state index contributed by atoms with van der Waals surface area (Å²) in [6.07, 6.45) is 6.37. The minimum absolute atomic E-state index is 0.108. The Bertz CT molecular complexity index is 1130. The van der Waals surface area contributed by atoms with Gasteiger partial charge in [0.25, 0.3) is 0 Å². The van der Waals surface area contributed by atoms with Crippen molar-refractivity contribution in [3.05, 3.63) is 71.2 Å². The smallest absolute Gasteiger partial charge is 0.249 e. The fraction of sp³-hybridized carbons (Fsp3) is 0.0870. The Morgan fingerprint density at radius 1 is 1.07 bits per heavy atom. The number of nitrogens with zero attached hydrogens (tertiary/aromatic N) is 1. The second-order valence-electron chi connectivity index (χ2n) is 6.22. The summed E-state index contributed by atoms with van der Waals surface area (Å²) in [5.74, 6) is 1.95. The Morgan fingerprint density at radius 3 is 2.60 bits per heavy atom. The number of nitrogens with one attached hydrogen (secondary N) is 2. The number of rotatable bonds is 7. The molecule has 6 nitrogen and oxygen atoms in total. The molecule has 0 aliphatic rings. The van der Waals surface area contributed by atoms with Crippen LogP contribution in [0, 0.1) is 12.3 Å². The summed E-state index contributed by atoms with van der Waals surface area (Å²) in [5.41, 5.74) is 3.58. The fourth-order valence-corrected chi connectivity index (χ4v) is 2.87. The van der Waals surface area contributed by atoms with Gasteiger partial charge in [-0.1, -0.05) is 47.9 Å². The predicted octanol–water partition coefficient (Wildman–Crippen LogP) is 3.98. The summed E-state index contributed by atoms with van der Waals surface area (Å²) < 4.78 is 5.58. The highest BCUT2D eigenvalue weighted by molar-refractivity contribution is 6.30. The largest absolute Gasteiger partial charge is 0.480 e. The first kappa shape index (κ1) is 20.9. The van der Waals surface area contributed by atoms with Crippen molar-refractivity contribution in [2.24, 2.45) is 5.10 Å². The van der Waals surface area contributed by atoms with E-state index < -0.39 is 11.8 Å². The molecule has 3 aromatic rings. The van der Waals surface area contributed by atoms with Gasteiger partial charge in [0.15, 0.2) is 0 Å². The lowest BCUT2D eigenvalue weighted by atomic mass is 10.0. The van der Waals surface area contributed by atoms with Gasteiger partial charge in [-0.3, -0.25) is 9.59 Å². The van der Waals surface area contributed by atoms with Crippen LogP contribution >= 0.6 is 11.6 Å². The van der Waals surface area contributed by atoms with E-state index in [1.54, 1.807) is 30.3 Å². The second kappa shape index (κ2) is 10.1. The molecule has 3 aromatic carbocycles. The molecular formula is C23H18ClN3O3. The first-order chi connectivity index (χ1) is 14.6. The van der Waals surface area contributed by atoms with Crippen molar-refractivity contribution in [2.75, 3.05) is 11.9 Å². The topological polar surface area (TPSA) is 79.8 Å². The van der Waals surface area contributed by atoms with Crippen molar-refractivity contribution in [2.45, 2.75) is 6.42 Å². The van der Waals surface area contributed by atoms with E-state index in [9.17, 15) is 9.59 Å². The van der Waals surface area contributed by atoms with E-state index in [2.05, 4.69) is 21.8 Å². The number of carbonyl (C=O) groups is 2. The van der Waals surface area contributed by atoms with Gasteiger partial charge in [0.1, 0.15) is 18.8 Å². The van der Waals surface area contributed by atoms with E-state index >= 15 is 0 Å². The number of hydrazone groups is 1. The van der Waals surface area contributed by atoms with Crippen LogP contribution in [0.15, 0.2) is 65.8 Å². The van der Waals surface area contributed by atoms with E-state index in [0.717, 1.165) is 10.8 Å². The number of fused-ring (bicyclic) bond motifs is 1. The lowest BCUT2D eigenvalue weighted by Crippen LogP contribution is -2.24. The highest BCUT2D eigenvalue weighted by atomic mass is 35.5. The average Bonchev–Trinajstić information content (AvgIpc) is 2.74. The van der Waals surface area contributed by atoms with Crippen molar-refractivity contribution >= 4 is 46.1 Å². The van der Waals surface area contributed by atoms with Crippen LogP contribution in [-0.2, 0) is 9.59 Å². The van der Waals surface area contributed by atoms with Crippen molar-refractivity contribution in [3.8, 4) is 18.1 Å². The molecule has 0 spiro atoms. The molecule has 150 valence electrons. The molecule has 0 unspecified atom stereocenters. The van der Waals surface area contributed by atoms with Crippen LogP contribution in [0.3, 0.4) is 0 Å². The Balaban J connectivity index is 1.66. The van der Waals surface area contributed by atoms with E-state index in [0.29, 0.717) is 22.0 Å². The third-order valence-corrected chi connectivity index (χ3v) is 4.33. The molecule has 0 aliphatic carbocycles. The van der Waals surface area contributed by atoms with Gasteiger partial charge in [0.2, 0.25) is 11.8 Å². The van der Waals surface area contributed by atoms with Gasteiger partial charge in [-0.15, -0.1) is 6.42 Å². The molecule has 0 radical (unpaired) electrons. The Labute approximate surface area is 178 Å². The molecular weight excluding hydrogens is 402 g/mol. The summed E-state index contributed by atoms with van der Waals surface area (Å²) in [7, 11) is 0. The molecule has 2 amide bonds. The standard InChI is InChI=1S/C23H18ClN3O3/c1-2-13-30-21-12-7-16-5-3-4-6-19(16)20(21)15-25-27-23(29)14-22(28)26-18-10-8-17(24)9-11-18/h1,3-12,15H,13-14H2,(H,26,28)(H,27,29). The van der Waals surface area contributed by atoms with Crippen LogP contribution in [0.4, 0.5) is 5.69 Å². The van der Waals surface area contributed by atoms with Gasteiger partial charge in [-0.25, -0.2) is 5.43 Å². The maximum atomic E-state index is 12.0. The van der Waals surface area contributed by atoms with E-state index in [1.807, 2.05) is 30.3 Å². The summed E-state index contributed by atoms with van der Waals surface area (Å²) in [6, 6.07) is 18.0. The normalized spacial score (nSPS) is 10.5. The zero-order valence-corrected chi connectivity index (χ0v) is 16.6. The summed E-state index contributed by atoms with van der Waals surface area (Å²) in [6.45, 7) is 0.108. The lowest BCUT2D eigenvalue weighted by molar-refractivity contribution is -0.126. The monoisotopic (exact) mass is 419 g/mol. The Morgan fingerprint density at radius 2 is 1.83 bits per heavy atom. The first-order valence-corrected chi connectivity index (χ1v) is 9.40. The minimum atomic E-state index is -0.552. The van der Waals surface area contributed by atoms with Crippen LogP contribution in [0.1, 0.15) is 12.0 Å². The quantitative estimate of drug-likeness (QED) is 0.263. The average molecular weight is 420 g/mol. The van der Waals surface area contributed by atoms with Crippen LogP contribution in [0.25, 0.3) is 10.8 Å². The minimum Gasteiger partial charge on any atom is -0.480 e. The van der Waals surface area contributed by atoms with Crippen LogP contribution < -0.4 is 15.5 Å². The summed E-state index contributed by atoms with van der Waals surface area (Å²) in [5, 5.41) is 9.03. The number of hydrogen-bond acceptors (Lipinski definition) is 4. The highest BCUT2D eigenvalue weighted by Gasteiger charge is 2.10. The van der Waals surface area contributed by atoms with Crippen molar-refractivity contribution in [1.82, 2.24) is 5.43 Å². The number of carbonyl (C=O) groups excluding carboxylic acids is 2. The number of hydrogen-bond donors (Lipinski definition) is 2. The van der Waals surface area contributed by atoms with E-state index in [4.69, 9.17) is 22.8 Å². The summed E-state index contributed by atoms with van der Waals surface area (Å²) in [4.78, 5) is 24.0. The fourth-order valence-electron chi connectivity index (χ4n) is 2.75. The number of amides is 2. The molecule has 0 aliphatic heterocycles. The number of anilines is 1. The predicted molar refractivity (Wildman–Crippen MR) is 119 cm³/mol. The van der Waals surface area contributed by atoms with Crippen LogP contribution in [-0.4, -0.2) is 24.6 Å². The molecule has 0 bridgehead atoms. The van der Waals surface area contributed by atoms with Crippen molar-refractivity contribution < 1.29 is 14.3 Å². The maximum absolute atomic E-state index is 12.0. The molecule has 0 fully saturated rings. The number of terminal acetylenes is 1. The lowest BCUT2D eigenvalue weighted by Gasteiger charge is -2.10. The Kier molecular flexibility index (Phi) is 7.04. The van der Waals surface area contributed by atoms with E-state index in [1.165, 1.54) is 6.21 Å². The number of halogens is 1. The van der Waals surface area contributed by atoms with Gasteiger partial charge >= 0.3 is 0 Å². The molecule has 3 rings (SSSR count). The van der Waals surface area contributed by atoms with Gasteiger partial charge in [0, 0.05) is 16.3 Å². The molecule has 30 heavy (non-hydrogen) atoms. The maximum Gasteiger partial charge on any atom is 0.249 e. The Hall–Kier alpha value is -3.82. The van der Waals surface area contributed by atoms with Crippen molar-refractivity contribution in [3.63, 3.8) is 0 Å². The van der Waals surface area contributed by atoms with Gasteiger partial charge in [-0.05, 0) is 41.1 Å². The number of ether oxygens (including phenoxy) is 1. The molecule has 0 aromatic heterocycles. The van der Waals surface area contributed by atoms with Gasteiger partial charge in [-0.2, -0.15) is 5.10 Å². The zero-order valence-electron chi connectivity index (χ0n) is 15.9. The van der Waals surface area contributed by atoms with Gasteiger partial charge < -0.3 is 10.1 Å². The SMILES string of the molecule is C#CCOc1ccc2ccccc2c1C=NNC(=O)CC(=O)Nc1ccc(Cl)cc1. The first-order valence-electron chi connectivity index (χ1n) is 9.02.